The molecule has 3 saturated heterocycles. The summed E-state index contributed by atoms with van der Waals surface area (Å²) in [5.74, 6) is 0.300. The van der Waals surface area contributed by atoms with Crippen LogP contribution in [0.25, 0.3) is 0 Å². The van der Waals surface area contributed by atoms with E-state index >= 15 is 0 Å². The third kappa shape index (κ3) is 6.05. The molecule has 1 amide bonds. The third-order valence-electron chi connectivity index (χ3n) is 6.97. The maximum atomic E-state index is 13.5. The van der Waals surface area contributed by atoms with E-state index in [1.807, 2.05) is 23.1 Å². The molecular weight excluding hydrogens is 398 g/mol. The van der Waals surface area contributed by atoms with Crippen LogP contribution in [-0.2, 0) is 20.9 Å². The highest BCUT2D eigenvalue weighted by molar-refractivity contribution is 5.84. The van der Waals surface area contributed by atoms with Crippen LogP contribution < -0.4 is 5.32 Å². The number of aromatic nitrogens is 2. The number of ether oxygens (including phenoxy) is 1. The standard InChI is InChI=1S/C21H35N5O2.CH2O2/c1-24-14-8-21(20(27)23-18-5-15-28-16-6-18)7-2-10-25(19(21)17-24)11-4-13-26-12-3-9-22-26;2-1-3/h3,9,12,18-19H,2,4-8,10-11,13-17H2,1H3,(H,23,27);1H,(H,2,3)/t19-,21+;/m0./s1. The molecule has 0 spiro atoms. The summed E-state index contributed by atoms with van der Waals surface area (Å²) in [6.45, 7) is 6.36. The van der Waals surface area contributed by atoms with Crippen molar-refractivity contribution in [1.29, 1.82) is 0 Å². The summed E-state index contributed by atoms with van der Waals surface area (Å²) >= 11 is 0. The highest BCUT2D eigenvalue weighted by Crippen LogP contribution is 2.42. The molecule has 2 N–H and O–H groups in total. The first-order valence-corrected chi connectivity index (χ1v) is 11.5. The van der Waals surface area contributed by atoms with Crippen molar-refractivity contribution in [2.24, 2.45) is 5.41 Å². The lowest BCUT2D eigenvalue weighted by molar-refractivity contribution is -0.146. The quantitative estimate of drug-likeness (QED) is 0.645. The van der Waals surface area contributed by atoms with Crippen LogP contribution >= 0.6 is 0 Å². The van der Waals surface area contributed by atoms with E-state index in [0.29, 0.717) is 11.9 Å². The predicted molar refractivity (Wildman–Crippen MR) is 117 cm³/mol. The van der Waals surface area contributed by atoms with Gasteiger partial charge in [-0.1, -0.05) is 0 Å². The number of hydrogen-bond acceptors (Lipinski definition) is 6. The van der Waals surface area contributed by atoms with Gasteiger partial charge >= 0.3 is 0 Å². The van der Waals surface area contributed by atoms with Gasteiger partial charge in [-0.3, -0.25) is 19.2 Å². The molecule has 3 aliphatic heterocycles. The average molecular weight is 436 g/mol. The summed E-state index contributed by atoms with van der Waals surface area (Å²) in [7, 11) is 2.19. The van der Waals surface area contributed by atoms with Crippen molar-refractivity contribution < 1.29 is 19.4 Å². The van der Waals surface area contributed by atoms with Gasteiger partial charge in [0, 0.05) is 57.3 Å². The Morgan fingerprint density at radius 1 is 1.29 bits per heavy atom. The molecule has 1 aromatic rings. The van der Waals surface area contributed by atoms with Gasteiger partial charge < -0.3 is 20.1 Å². The molecule has 3 fully saturated rings. The topological polar surface area (TPSA) is 99.9 Å². The number of carbonyl (C=O) groups is 2. The molecule has 4 heterocycles. The van der Waals surface area contributed by atoms with Crippen LogP contribution in [0, 0.1) is 5.41 Å². The van der Waals surface area contributed by atoms with Crippen molar-refractivity contribution >= 4 is 12.4 Å². The molecule has 4 rings (SSSR count). The molecule has 31 heavy (non-hydrogen) atoms. The maximum absolute atomic E-state index is 13.5. The van der Waals surface area contributed by atoms with Gasteiger partial charge in [-0.05, 0) is 64.7 Å². The second-order valence-corrected chi connectivity index (χ2v) is 8.91. The number of aryl methyl sites for hydroxylation is 1. The van der Waals surface area contributed by atoms with E-state index in [1.54, 1.807) is 0 Å². The molecule has 3 aliphatic rings. The molecule has 9 heteroatoms. The summed E-state index contributed by atoms with van der Waals surface area (Å²) in [5.41, 5.74) is -0.227. The zero-order chi connectivity index (χ0) is 22.1. The number of likely N-dealkylation sites (tertiary alicyclic amines) is 2. The highest BCUT2D eigenvalue weighted by Gasteiger charge is 2.52. The van der Waals surface area contributed by atoms with Gasteiger partial charge in [0.25, 0.3) is 6.47 Å². The first-order chi connectivity index (χ1) is 15.1. The SMILES string of the molecule is CN1CC[C@]2(C(=O)NC3CCOCC3)CCCN(CCCn3cccn3)[C@H]2C1.O=CO. The second-order valence-electron chi connectivity index (χ2n) is 8.91. The van der Waals surface area contributed by atoms with E-state index in [1.165, 1.54) is 0 Å². The number of carbonyl (C=O) groups excluding carboxylic acids is 1. The minimum absolute atomic E-state index is 0.227. The largest absolute Gasteiger partial charge is 0.483 e. The molecule has 174 valence electrons. The van der Waals surface area contributed by atoms with Gasteiger partial charge in [0.15, 0.2) is 0 Å². The van der Waals surface area contributed by atoms with E-state index in [0.717, 1.165) is 84.5 Å². The molecule has 0 radical (unpaired) electrons. The highest BCUT2D eigenvalue weighted by atomic mass is 16.5. The summed E-state index contributed by atoms with van der Waals surface area (Å²) < 4.78 is 7.47. The molecule has 1 aromatic heterocycles. The molecule has 0 aliphatic carbocycles. The molecule has 0 aromatic carbocycles. The van der Waals surface area contributed by atoms with E-state index in [4.69, 9.17) is 14.6 Å². The molecular formula is C22H37N5O4. The lowest BCUT2D eigenvalue weighted by atomic mass is 9.67. The molecule has 9 nitrogen and oxygen atoms in total. The van der Waals surface area contributed by atoms with Crippen molar-refractivity contribution in [2.45, 2.75) is 57.2 Å². The van der Waals surface area contributed by atoms with Gasteiger partial charge in [0.1, 0.15) is 0 Å². The summed E-state index contributed by atoms with van der Waals surface area (Å²) in [5, 5.41) is 14.6. The fourth-order valence-corrected chi connectivity index (χ4v) is 5.31. The smallest absolute Gasteiger partial charge is 0.290 e. The van der Waals surface area contributed by atoms with E-state index in [9.17, 15) is 4.79 Å². The van der Waals surface area contributed by atoms with Crippen molar-refractivity contribution in [3.8, 4) is 0 Å². The molecule has 2 atom stereocenters. The zero-order valence-electron chi connectivity index (χ0n) is 18.6. The summed E-state index contributed by atoms with van der Waals surface area (Å²) in [6.07, 6.45) is 9.93. The Balaban J connectivity index is 0.000000858. The van der Waals surface area contributed by atoms with Gasteiger partial charge in [0.05, 0.1) is 5.41 Å². The molecule has 0 unspecified atom stereocenters. The number of nitrogens with zero attached hydrogens (tertiary/aromatic N) is 4. The van der Waals surface area contributed by atoms with Crippen LogP contribution in [0.4, 0.5) is 0 Å². The Bertz CT molecular complexity index is 679. The number of likely N-dealkylation sites (N-methyl/N-ethyl adjacent to an activating group) is 1. The maximum Gasteiger partial charge on any atom is 0.290 e. The zero-order valence-corrected chi connectivity index (χ0v) is 18.6. The number of amides is 1. The second kappa shape index (κ2) is 11.6. The molecule has 0 bridgehead atoms. The normalized spacial score (nSPS) is 27.6. The minimum Gasteiger partial charge on any atom is -0.483 e. The van der Waals surface area contributed by atoms with Crippen molar-refractivity contribution in [1.82, 2.24) is 24.9 Å². The number of rotatable bonds is 6. The van der Waals surface area contributed by atoms with Crippen molar-refractivity contribution in [3.05, 3.63) is 18.5 Å². The number of hydrogen-bond donors (Lipinski definition) is 2. The predicted octanol–water partition coefficient (Wildman–Crippen LogP) is 1.06. The van der Waals surface area contributed by atoms with Crippen LogP contribution in [0.15, 0.2) is 18.5 Å². The molecule has 0 saturated carbocycles. The van der Waals surface area contributed by atoms with Crippen molar-refractivity contribution in [3.63, 3.8) is 0 Å². The van der Waals surface area contributed by atoms with E-state index in [2.05, 4.69) is 27.3 Å². The Morgan fingerprint density at radius 2 is 2.06 bits per heavy atom. The number of piperidine rings is 2. The first-order valence-electron chi connectivity index (χ1n) is 11.5. The average Bonchev–Trinajstić information content (AvgIpc) is 3.29. The van der Waals surface area contributed by atoms with E-state index in [-0.39, 0.29) is 17.9 Å². The van der Waals surface area contributed by atoms with Crippen LogP contribution in [0.3, 0.4) is 0 Å². The Labute approximate surface area is 184 Å². The lowest BCUT2D eigenvalue weighted by Crippen LogP contribution is -2.66. The number of carboxylic acid groups (broad SMARTS) is 1. The van der Waals surface area contributed by atoms with Gasteiger partial charge in [-0.2, -0.15) is 5.10 Å². The van der Waals surface area contributed by atoms with Gasteiger partial charge in [-0.15, -0.1) is 0 Å². The van der Waals surface area contributed by atoms with Crippen LogP contribution in [-0.4, -0.2) is 95.6 Å². The first kappa shape index (κ1) is 23.7. The Kier molecular flexibility index (Phi) is 8.86. The van der Waals surface area contributed by atoms with Crippen LogP contribution in [0.2, 0.25) is 0 Å². The van der Waals surface area contributed by atoms with Crippen LogP contribution in [0.5, 0.6) is 0 Å². The van der Waals surface area contributed by atoms with Gasteiger partial charge in [0.2, 0.25) is 5.91 Å². The fourth-order valence-electron chi connectivity index (χ4n) is 5.31. The fraction of sp³-hybridized carbons (Fsp3) is 0.773. The Morgan fingerprint density at radius 3 is 2.77 bits per heavy atom. The number of fused-ring (bicyclic) bond motifs is 1. The van der Waals surface area contributed by atoms with Crippen LogP contribution in [0.1, 0.15) is 38.5 Å². The summed E-state index contributed by atoms with van der Waals surface area (Å²) in [6, 6.07) is 2.58. The Hall–Kier alpha value is -1.97. The van der Waals surface area contributed by atoms with Gasteiger partial charge in [-0.25, -0.2) is 0 Å². The minimum atomic E-state index is -0.250. The third-order valence-corrected chi connectivity index (χ3v) is 6.97. The number of nitrogens with one attached hydrogen (secondary N) is 1. The van der Waals surface area contributed by atoms with E-state index < -0.39 is 0 Å². The lowest BCUT2D eigenvalue weighted by Gasteiger charge is -2.54. The van der Waals surface area contributed by atoms with Crippen molar-refractivity contribution in [2.75, 3.05) is 46.4 Å². The monoisotopic (exact) mass is 435 g/mol. The summed E-state index contributed by atoms with van der Waals surface area (Å²) in [4.78, 5) is 26.9.